The van der Waals surface area contributed by atoms with Crippen LogP contribution in [0.4, 0.5) is 0 Å². The Morgan fingerprint density at radius 1 is 1.30 bits per heavy atom. The first-order valence-electron chi connectivity index (χ1n) is 6.54. The quantitative estimate of drug-likeness (QED) is 0.801. The van der Waals surface area contributed by atoms with E-state index in [0.29, 0.717) is 0 Å². The first-order valence-corrected chi connectivity index (χ1v) is 7.42. The normalized spacial score (nSPS) is 13.3. The van der Waals surface area contributed by atoms with Crippen LogP contribution < -0.4 is 5.73 Å². The molecule has 1 aromatic carbocycles. The highest BCUT2D eigenvalue weighted by Crippen LogP contribution is 2.16. The van der Waals surface area contributed by atoms with Crippen molar-refractivity contribution >= 4 is 28.4 Å². The predicted molar refractivity (Wildman–Crippen MR) is 83.6 cm³/mol. The molecule has 102 valence electrons. The molecule has 4 nitrogen and oxygen atoms in total. The molecule has 1 unspecified atom stereocenters. The fourth-order valence-electron chi connectivity index (χ4n) is 2.02. The van der Waals surface area contributed by atoms with Crippen LogP contribution in [0.3, 0.4) is 0 Å². The first-order chi connectivity index (χ1) is 9.72. The maximum absolute atomic E-state index is 5.85. The molecule has 0 saturated heterocycles. The van der Waals surface area contributed by atoms with Crippen LogP contribution in [0.1, 0.15) is 24.0 Å². The van der Waals surface area contributed by atoms with Crippen LogP contribution in [-0.4, -0.2) is 20.6 Å². The summed E-state index contributed by atoms with van der Waals surface area (Å²) in [6.45, 7) is 2.00. The van der Waals surface area contributed by atoms with Crippen molar-refractivity contribution in [2.24, 2.45) is 5.73 Å². The van der Waals surface area contributed by atoms with Crippen LogP contribution in [0, 0.1) is 0 Å². The van der Waals surface area contributed by atoms with E-state index in [-0.39, 0.29) is 6.04 Å². The molecule has 3 aromatic rings. The minimum absolute atomic E-state index is 0.125. The second-order valence-corrected chi connectivity index (χ2v) is 5.65. The van der Waals surface area contributed by atoms with Gasteiger partial charge in [0.25, 0.3) is 0 Å². The molecule has 2 heterocycles. The number of rotatable bonds is 4. The van der Waals surface area contributed by atoms with Crippen molar-refractivity contribution in [1.82, 2.24) is 14.6 Å². The van der Waals surface area contributed by atoms with Crippen LogP contribution in [0.5, 0.6) is 0 Å². The van der Waals surface area contributed by atoms with Gasteiger partial charge in [-0.05, 0) is 18.6 Å². The van der Waals surface area contributed by atoms with E-state index in [0.717, 1.165) is 28.5 Å². The summed E-state index contributed by atoms with van der Waals surface area (Å²) < 4.78 is 1.89. The second-order valence-electron chi connectivity index (χ2n) is 4.82. The molecule has 2 N–H and O–H groups in total. The van der Waals surface area contributed by atoms with Crippen LogP contribution in [0.15, 0.2) is 35.7 Å². The molecule has 0 fully saturated rings. The molecule has 0 aliphatic rings. The van der Waals surface area contributed by atoms with Crippen molar-refractivity contribution in [2.45, 2.75) is 19.4 Å². The molecule has 0 aliphatic heterocycles. The maximum Gasteiger partial charge on any atom is 0.212 e. The Morgan fingerprint density at radius 3 is 2.85 bits per heavy atom. The topological polar surface area (TPSA) is 56.2 Å². The van der Waals surface area contributed by atoms with Gasteiger partial charge in [-0.2, -0.15) is 4.98 Å². The lowest BCUT2D eigenvalue weighted by molar-refractivity contribution is 0.702. The zero-order chi connectivity index (χ0) is 13.9. The van der Waals surface area contributed by atoms with Crippen LogP contribution >= 0.6 is 11.3 Å². The Balaban J connectivity index is 1.86. The van der Waals surface area contributed by atoms with Crippen LogP contribution in [0.2, 0.25) is 0 Å². The third-order valence-corrected chi connectivity index (χ3v) is 3.79. The Bertz CT molecular complexity index is 725. The molecule has 0 radical (unpaired) electrons. The van der Waals surface area contributed by atoms with Crippen molar-refractivity contribution in [3.8, 4) is 0 Å². The fourth-order valence-corrected chi connectivity index (χ4v) is 2.86. The van der Waals surface area contributed by atoms with Gasteiger partial charge in [0, 0.05) is 17.8 Å². The average Bonchev–Trinajstić information content (AvgIpc) is 2.99. The van der Waals surface area contributed by atoms with E-state index >= 15 is 0 Å². The van der Waals surface area contributed by atoms with Gasteiger partial charge in [-0.25, -0.2) is 4.52 Å². The average molecular weight is 284 g/mol. The van der Waals surface area contributed by atoms with Crippen molar-refractivity contribution in [2.75, 3.05) is 0 Å². The Kier molecular flexibility index (Phi) is 3.62. The van der Waals surface area contributed by atoms with E-state index < -0.39 is 0 Å². The predicted octanol–water partition coefficient (Wildman–Crippen LogP) is 2.85. The third-order valence-electron chi connectivity index (χ3n) is 2.92. The molecule has 0 amide bonds. The molecule has 3 rings (SSSR count). The standard InChI is InChI=1S/C15H16N4S/c1-11(16)9-13-10-20-15-17-14(18-19(13)15)8-7-12-5-3-2-4-6-12/h2-8,10-11H,9,16H2,1H3/b8-7+. The monoisotopic (exact) mass is 284 g/mol. The highest BCUT2D eigenvalue weighted by atomic mass is 32.1. The van der Waals surface area contributed by atoms with Crippen LogP contribution in [-0.2, 0) is 6.42 Å². The SMILES string of the molecule is CC(N)Cc1csc2nc(/C=C/c3ccccc3)nn12. The number of aromatic nitrogens is 3. The summed E-state index contributed by atoms with van der Waals surface area (Å²) in [6, 6.07) is 10.3. The Labute approximate surface area is 121 Å². The highest BCUT2D eigenvalue weighted by Gasteiger charge is 2.09. The summed E-state index contributed by atoms with van der Waals surface area (Å²) in [7, 11) is 0. The van der Waals surface area contributed by atoms with Crippen molar-refractivity contribution < 1.29 is 0 Å². The molecule has 0 saturated carbocycles. The molecule has 5 heteroatoms. The zero-order valence-corrected chi connectivity index (χ0v) is 12.0. The molecule has 0 bridgehead atoms. The molecule has 0 aliphatic carbocycles. The number of hydrogen-bond acceptors (Lipinski definition) is 4. The lowest BCUT2D eigenvalue weighted by atomic mass is 10.2. The number of thiazole rings is 1. The Morgan fingerprint density at radius 2 is 2.10 bits per heavy atom. The minimum Gasteiger partial charge on any atom is -0.328 e. The molecule has 20 heavy (non-hydrogen) atoms. The van der Waals surface area contributed by atoms with E-state index in [1.807, 2.05) is 41.8 Å². The van der Waals surface area contributed by atoms with Gasteiger partial charge in [0.2, 0.25) is 4.96 Å². The Hall–Kier alpha value is -1.98. The number of fused-ring (bicyclic) bond motifs is 1. The van der Waals surface area contributed by atoms with E-state index in [9.17, 15) is 0 Å². The number of nitrogens with zero attached hydrogens (tertiary/aromatic N) is 3. The smallest absolute Gasteiger partial charge is 0.212 e. The van der Waals surface area contributed by atoms with Crippen molar-refractivity contribution in [3.05, 3.63) is 52.8 Å². The van der Waals surface area contributed by atoms with Gasteiger partial charge in [-0.15, -0.1) is 16.4 Å². The number of benzene rings is 1. The number of nitrogens with two attached hydrogens (primary N) is 1. The first kappa shape index (κ1) is 13.0. The minimum atomic E-state index is 0.125. The largest absolute Gasteiger partial charge is 0.328 e. The second kappa shape index (κ2) is 5.56. The van der Waals surface area contributed by atoms with Gasteiger partial charge in [-0.3, -0.25) is 0 Å². The number of hydrogen-bond donors (Lipinski definition) is 1. The maximum atomic E-state index is 5.85. The summed E-state index contributed by atoms with van der Waals surface area (Å²) in [6.07, 6.45) is 4.76. The third kappa shape index (κ3) is 2.79. The molecular weight excluding hydrogens is 268 g/mol. The van der Waals surface area contributed by atoms with Gasteiger partial charge in [-0.1, -0.05) is 36.4 Å². The zero-order valence-electron chi connectivity index (χ0n) is 11.2. The lowest BCUT2D eigenvalue weighted by Crippen LogP contribution is -2.18. The van der Waals surface area contributed by atoms with E-state index in [1.54, 1.807) is 11.3 Å². The highest BCUT2D eigenvalue weighted by molar-refractivity contribution is 7.15. The van der Waals surface area contributed by atoms with Crippen molar-refractivity contribution in [3.63, 3.8) is 0 Å². The van der Waals surface area contributed by atoms with Gasteiger partial charge in [0.05, 0.1) is 5.69 Å². The van der Waals surface area contributed by atoms with Crippen molar-refractivity contribution in [1.29, 1.82) is 0 Å². The van der Waals surface area contributed by atoms with Gasteiger partial charge < -0.3 is 5.73 Å². The summed E-state index contributed by atoms with van der Waals surface area (Å²) in [5.41, 5.74) is 8.10. The fraction of sp³-hybridized carbons (Fsp3) is 0.200. The van der Waals surface area contributed by atoms with E-state index in [2.05, 4.69) is 27.6 Å². The van der Waals surface area contributed by atoms with E-state index in [4.69, 9.17) is 5.73 Å². The summed E-state index contributed by atoms with van der Waals surface area (Å²) in [5, 5.41) is 6.59. The summed E-state index contributed by atoms with van der Waals surface area (Å²) in [4.78, 5) is 5.41. The molecular formula is C15H16N4S. The van der Waals surface area contributed by atoms with E-state index in [1.165, 1.54) is 0 Å². The molecule has 1 atom stereocenters. The van der Waals surface area contributed by atoms with Gasteiger partial charge in [0.1, 0.15) is 0 Å². The van der Waals surface area contributed by atoms with Crippen LogP contribution in [0.25, 0.3) is 17.1 Å². The van der Waals surface area contributed by atoms with Gasteiger partial charge in [0.15, 0.2) is 5.82 Å². The van der Waals surface area contributed by atoms with Gasteiger partial charge >= 0.3 is 0 Å². The molecule has 0 spiro atoms. The summed E-state index contributed by atoms with van der Waals surface area (Å²) >= 11 is 1.60. The summed E-state index contributed by atoms with van der Waals surface area (Å²) in [5.74, 6) is 0.728. The molecule has 2 aromatic heterocycles. The lowest BCUT2D eigenvalue weighted by Gasteiger charge is -2.01.